The number of hydrogen-bond acceptors (Lipinski definition) is 6. The number of rotatable bonds is 7. The highest BCUT2D eigenvalue weighted by molar-refractivity contribution is 8.00. The Bertz CT molecular complexity index is 983. The van der Waals surface area contributed by atoms with Crippen LogP contribution in [0.3, 0.4) is 0 Å². The van der Waals surface area contributed by atoms with E-state index in [9.17, 15) is 18.0 Å². The molecule has 1 aliphatic rings. The van der Waals surface area contributed by atoms with Gasteiger partial charge in [-0.3, -0.25) is 14.3 Å². The SMILES string of the molecule is CC(Sc1ccc(C(=O)N2CCCC2)cn1)C(=O)c1ccc(NS(C)(=O)=O)cc1. The first kappa shape index (κ1) is 21.3. The van der Waals surface area contributed by atoms with Gasteiger partial charge in [0.25, 0.3) is 5.91 Å². The number of nitrogens with one attached hydrogen (secondary N) is 1. The van der Waals surface area contributed by atoms with Crippen LogP contribution in [0, 0.1) is 0 Å². The van der Waals surface area contributed by atoms with E-state index in [-0.39, 0.29) is 16.9 Å². The Kier molecular flexibility index (Phi) is 6.59. The molecule has 0 aliphatic carbocycles. The Morgan fingerprint density at radius 2 is 1.69 bits per heavy atom. The summed E-state index contributed by atoms with van der Waals surface area (Å²) in [6, 6.07) is 9.82. The van der Waals surface area contributed by atoms with Crippen LogP contribution in [0.15, 0.2) is 47.6 Å². The number of sulfonamides is 1. The van der Waals surface area contributed by atoms with Gasteiger partial charge in [-0.25, -0.2) is 13.4 Å². The van der Waals surface area contributed by atoms with Gasteiger partial charge in [-0.15, -0.1) is 0 Å². The van der Waals surface area contributed by atoms with Crippen molar-refractivity contribution < 1.29 is 18.0 Å². The number of pyridine rings is 1. The summed E-state index contributed by atoms with van der Waals surface area (Å²) in [6.07, 6.45) is 4.71. The van der Waals surface area contributed by atoms with Crippen LogP contribution in [0.25, 0.3) is 0 Å². The van der Waals surface area contributed by atoms with E-state index in [2.05, 4.69) is 9.71 Å². The largest absolute Gasteiger partial charge is 0.339 e. The molecule has 1 aromatic carbocycles. The summed E-state index contributed by atoms with van der Waals surface area (Å²) in [5.74, 6) is -0.0848. The van der Waals surface area contributed by atoms with Crippen molar-refractivity contribution >= 4 is 39.2 Å². The number of carbonyl (C=O) groups is 2. The highest BCUT2D eigenvalue weighted by atomic mass is 32.2. The molecule has 3 rings (SSSR count). The van der Waals surface area contributed by atoms with E-state index in [0.717, 1.165) is 32.2 Å². The number of ketones is 1. The lowest BCUT2D eigenvalue weighted by Gasteiger charge is -2.15. The first-order valence-electron chi connectivity index (χ1n) is 9.27. The fourth-order valence-corrected chi connectivity index (χ4v) is 4.50. The molecular formula is C20H23N3O4S2. The van der Waals surface area contributed by atoms with Crippen LogP contribution in [-0.2, 0) is 10.0 Å². The number of nitrogens with zero attached hydrogens (tertiary/aromatic N) is 2. The molecule has 0 radical (unpaired) electrons. The Morgan fingerprint density at radius 3 is 2.24 bits per heavy atom. The smallest absolute Gasteiger partial charge is 0.255 e. The van der Waals surface area contributed by atoms with E-state index in [1.807, 2.05) is 4.90 Å². The molecule has 1 saturated heterocycles. The summed E-state index contributed by atoms with van der Waals surface area (Å²) in [5.41, 5.74) is 1.46. The fourth-order valence-electron chi connectivity index (χ4n) is 3.07. The van der Waals surface area contributed by atoms with Crippen LogP contribution in [0.2, 0.25) is 0 Å². The molecule has 0 spiro atoms. The molecule has 1 amide bonds. The molecule has 2 heterocycles. The monoisotopic (exact) mass is 433 g/mol. The number of benzene rings is 1. The van der Waals surface area contributed by atoms with Crippen molar-refractivity contribution in [2.45, 2.75) is 30.0 Å². The van der Waals surface area contributed by atoms with Crippen LogP contribution < -0.4 is 4.72 Å². The van der Waals surface area contributed by atoms with Crippen LogP contribution in [0.4, 0.5) is 5.69 Å². The maximum absolute atomic E-state index is 12.6. The van der Waals surface area contributed by atoms with E-state index in [0.29, 0.717) is 21.8 Å². The molecule has 1 aromatic heterocycles. The van der Waals surface area contributed by atoms with Crippen LogP contribution >= 0.6 is 11.8 Å². The topological polar surface area (TPSA) is 96.4 Å². The molecule has 1 fully saturated rings. The van der Waals surface area contributed by atoms with Gasteiger partial charge in [0.15, 0.2) is 5.78 Å². The molecule has 0 saturated carbocycles. The standard InChI is InChI=1S/C20H23N3O4S2/c1-14(19(24)15-5-8-17(9-6-15)22-29(2,26)27)28-18-10-7-16(13-21-18)20(25)23-11-3-4-12-23/h5-10,13-14,22H,3-4,11-12H2,1-2H3. The van der Waals surface area contributed by atoms with Gasteiger partial charge < -0.3 is 4.90 Å². The number of aromatic nitrogens is 1. The van der Waals surface area contributed by atoms with Crippen molar-refractivity contribution in [1.29, 1.82) is 0 Å². The van der Waals surface area contributed by atoms with Gasteiger partial charge in [0.1, 0.15) is 0 Å². The first-order valence-corrected chi connectivity index (χ1v) is 12.0. The number of carbonyl (C=O) groups excluding carboxylic acids is 2. The van der Waals surface area contributed by atoms with Gasteiger partial charge in [0.2, 0.25) is 10.0 Å². The lowest BCUT2D eigenvalue weighted by Crippen LogP contribution is -2.27. The fraction of sp³-hybridized carbons (Fsp3) is 0.350. The van der Waals surface area contributed by atoms with E-state index < -0.39 is 10.0 Å². The number of likely N-dealkylation sites (tertiary alicyclic amines) is 1. The Labute approximate surface area is 175 Å². The summed E-state index contributed by atoms with van der Waals surface area (Å²) in [6.45, 7) is 3.37. The molecule has 154 valence electrons. The number of anilines is 1. The van der Waals surface area contributed by atoms with Gasteiger partial charge in [0.05, 0.1) is 22.1 Å². The number of thioether (sulfide) groups is 1. The van der Waals surface area contributed by atoms with E-state index in [4.69, 9.17) is 0 Å². The van der Waals surface area contributed by atoms with Gasteiger partial charge in [-0.1, -0.05) is 11.8 Å². The quantitative estimate of drug-likeness (QED) is 0.533. The minimum absolute atomic E-state index is 0.00142. The van der Waals surface area contributed by atoms with Crippen LogP contribution in [0.1, 0.15) is 40.5 Å². The average molecular weight is 434 g/mol. The number of Topliss-reactive ketones (excluding diaryl/α,β-unsaturated/α-hetero) is 1. The van der Waals surface area contributed by atoms with Crippen molar-refractivity contribution in [3.8, 4) is 0 Å². The normalized spacial score (nSPS) is 15.2. The summed E-state index contributed by atoms with van der Waals surface area (Å²) in [4.78, 5) is 31.2. The molecule has 7 nitrogen and oxygen atoms in total. The van der Waals surface area contributed by atoms with Crippen LogP contribution in [0.5, 0.6) is 0 Å². The number of amides is 1. The summed E-state index contributed by atoms with van der Waals surface area (Å²) >= 11 is 1.32. The molecule has 1 unspecified atom stereocenters. The maximum Gasteiger partial charge on any atom is 0.255 e. The molecule has 9 heteroatoms. The zero-order chi connectivity index (χ0) is 21.0. The lowest BCUT2D eigenvalue weighted by atomic mass is 10.1. The van der Waals surface area contributed by atoms with Gasteiger partial charge in [0, 0.05) is 30.5 Å². The summed E-state index contributed by atoms with van der Waals surface area (Å²) in [7, 11) is -3.36. The third kappa shape index (κ3) is 5.80. The predicted molar refractivity (Wildman–Crippen MR) is 114 cm³/mol. The molecule has 1 aliphatic heterocycles. The Morgan fingerprint density at radius 1 is 1.07 bits per heavy atom. The third-order valence-corrected chi connectivity index (χ3v) is 6.17. The summed E-state index contributed by atoms with van der Waals surface area (Å²) < 4.78 is 24.9. The second-order valence-corrected chi connectivity index (χ2v) is 10.1. The van der Waals surface area contributed by atoms with Crippen molar-refractivity contribution in [3.63, 3.8) is 0 Å². The Hall–Kier alpha value is -2.39. The molecule has 1 N–H and O–H groups in total. The van der Waals surface area contributed by atoms with E-state index >= 15 is 0 Å². The van der Waals surface area contributed by atoms with Gasteiger partial charge in [-0.2, -0.15) is 0 Å². The maximum atomic E-state index is 12.6. The second-order valence-electron chi connectivity index (χ2n) is 6.96. The minimum atomic E-state index is -3.36. The highest BCUT2D eigenvalue weighted by Gasteiger charge is 2.21. The number of hydrogen-bond donors (Lipinski definition) is 1. The molecule has 29 heavy (non-hydrogen) atoms. The lowest BCUT2D eigenvalue weighted by molar-refractivity contribution is 0.0792. The van der Waals surface area contributed by atoms with Crippen molar-refractivity contribution in [3.05, 3.63) is 53.7 Å². The minimum Gasteiger partial charge on any atom is -0.339 e. The highest BCUT2D eigenvalue weighted by Crippen LogP contribution is 2.25. The van der Waals surface area contributed by atoms with E-state index in [1.54, 1.807) is 49.5 Å². The second kappa shape index (κ2) is 8.96. The van der Waals surface area contributed by atoms with Gasteiger partial charge in [-0.05, 0) is 56.2 Å². The van der Waals surface area contributed by atoms with E-state index in [1.165, 1.54) is 11.8 Å². The van der Waals surface area contributed by atoms with Crippen LogP contribution in [-0.4, -0.2) is 54.6 Å². The summed E-state index contributed by atoms with van der Waals surface area (Å²) in [5, 5.41) is 0.288. The zero-order valence-corrected chi connectivity index (χ0v) is 17.9. The van der Waals surface area contributed by atoms with Crippen molar-refractivity contribution in [2.24, 2.45) is 0 Å². The molecular weight excluding hydrogens is 410 g/mol. The zero-order valence-electron chi connectivity index (χ0n) is 16.3. The predicted octanol–water partition coefficient (Wildman–Crippen LogP) is 3.05. The van der Waals surface area contributed by atoms with Crippen molar-refractivity contribution in [1.82, 2.24) is 9.88 Å². The van der Waals surface area contributed by atoms with Crippen molar-refractivity contribution in [2.75, 3.05) is 24.1 Å². The first-order chi connectivity index (χ1) is 13.7. The Balaban J connectivity index is 1.61. The molecule has 2 aromatic rings. The average Bonchev–Trinajstić information content (AvgIpc) is 3.21. The molecule has 1 atom stereocenters. The molecule has 0 bridgehead atoms. The van der Waals surface area contributed by atoms with Gasteiger partial charge >= 0.3 is 0 Å². The third-order valence-electron chi connectivity index (χ3n) is 4.52.